The summed E-state index contributed by atoms with van der Waals surface area (Å²) < 4.78 is 44.8. The molecule has 0 atom stereocenters. The van der Waals surface area contributed by atoms with Crippen LogP contribution in [0.25, 0.3) is 0 Å². The highest BCUT2D eigenvalue weighted by Gasteiger charge is 2.33. The second kappa shape index (κ2) is 8.17. The van der Waals surface area contributed by atoms with Crippen LogP contribution < -0.4 is 10.1 Å². The molecule has 144 valence electrons. The molecule has 0 aliphatic rings. The van der Waals surface area contributed by atoms with E-state index in [0.29, 0.717) is 6.61 Å². The minimum Gasteiger partial charge on any atom is -0.489 e. The van der Waals surface area contributed by atoms with Crippen LogP contribution in [-0.4, -0.2) is 5.91 Å². The molecular weight excluding hydrogens is 367 g/mol. The van der Waals surface area contributed by atoms with Crippen molar-refractivity contribution >= 4 is 11.6 Å². The van der Waals surface area contributed by atoms with Gasteiger partial charge < -0.3 is 10.1 Å². The Balaban J connectivity index is 1.65. The highest BCUT2D eigenvalue weighted by atomic mass is 19.4. The van der Waals surface area contributed by atoms with Gasteiger partial charge in [-0.3, -0.25) is 4.79 Å². The van der Waals surface area contributed by atoms with Crippen LogP contribution in [0.4, 0.5) is 18.9 Å². The van der Waals surface area contributed by atoms with Crippen molar-refractivity contribution in [3.8, 4) is 5.75 Å². The van der Waals surface area contributed by atoms with E-state index in [9.17, 15) is 18.0 Å². The smallest absolute Gasteiger partial charge is 0.418 e. The van der Waals surface area contributed by atoms with Crippen LogP contribution in [0.1, 0.15) is 27.0 Å². The quantitative estimate of drug-likeness (QED) is 0.599. The van der Waals surface area contributed by atoms with Gasteiger partial charge in [0.2, 0.25) is 0 Å². The number of anilines is 1. The number of carbonyl (C=O) groups is 1. The predicted octanol–water partition coefficient (Wildman–Crippen LogP) is 5.85. The fourth-order valence-corrected chi connectivity index (χ4v) is 2.59. The zero-order valence-electron chi connectivity index (χ0n) is 15.1. The number of hydrogen-bond acceptors (Lipinski definition) is 2. The Morgan fingerprint density at radius 1 is 0.929 bits per heavy atom. The van der Waals surface area contributed by atoms with Crippen LogP contribution >= 0.6 is 0 Å². The molecule has 6 heteroatoms. The molecule has 0 fully saturated rings. The molecule has 3 rings (SSSR count). The van der Waals surface area contributed by atoms with Gasteiger partial charge in [-0.25, -0.2) is 0 Å². The van der Waals surface area contributed by atoms with E-state index in [-0.39, 0.29) is 11.3 Å². The second-order valence-corrected chi connectivity index (χ2v) is 6.30. The molecule has 0 saturated carbocycles. The normalized spacial score (nSPS) is 11.1. The number of halogens is 3. The Morgan fingerprint density at radius 3 is 2.21 bits per heavy atom. The van der Waals surface area contributed by atoms with Crippen molar-refractivity contribution in [2.75, 3.05) is 5.32 Å². The number of ether oxygens (including phenoxy) is 1. The lowest BCUT2D eigenvalue weighted by atomic mass is 10.1. The Labute approximate surface area is 160 Å². The molecule has 1 amide bonds. The summed E-state index contributed by atoms with van der Waals surface area (Å²) in [5, 5.41) is 2.33. The summed E-state index contributed by atoms with van der Waals surface area (Å²) in [5.41, 5.74) is 1.08. The van der Waals surface area contributed by atoms with Crippen molar-refractivity contribution in [3.05, 3.63) is 95.1 Å². The molecule has 28 heavy (non-hydrogen) atoms. The van der Waals surface area contributed by atoms with Gasteiger partial charge in [-0.15, -0.1) is 0 Å². The fraction of sp³-hybridized carbons (Fsp3) is 0.136. The first-order valence-corrected chi connectivity index (χ1v) is 8.59. The molecule has 0 radical (unpaired) electrons. The summed E-state index contributed by atoms with van der Waals surface area (Å²) in [4.78, 5) is 12.3. The molecule has 0 aliphatic heterocycles. The van der Waals surface area contributed by atoms with Gasteiger partial charge in [0.25, 0.3) is 5.91 Å². The van der Waals surface area contributed by atoms with E-state index in [4.69, 9.17) is 4.74 Å². The summed E-state index contributed by atoms with van der Waals surface area (Å²) in [6, 6.07) is 19.0. The molecule has 0 aromatic heterocycles. The van der Waals surface area contributed by atoms with Gasteiger partial charge >= 0.3 is 6.18 Å². The molecule has 0 aliphatic carbocycles. The van der Waals surface area contributed by atoms with Crippen LogP contribution in [0.5, 0.6) is 5.75 Å². The number of amides is 1. The lowest BCUT2D eigenvalue weighted by Crippen LogP contribution is -2.16. The average molecular weight is 385 g/mol. The number of alkyl halides is 3. The van der Waals surface area contributed by atoms with E-state index in [0.717, 1.165) is 22.9 Å². The van der Waals surface area contributed by atoms with Crippen LogP contribution in [0, 0.1) is 6.92 Å². The van der Waals surface area contributed by atoms with Crippen molar-refractivity contribution in [2.24, 2.45) is 0 Å². The maximum atomic E-state index is 13.0. The van der Waals surface area contributed by atoms with E-state index in [1.54, 1.807) is 24.3 Å². The highest BCUT2D eigenvalue weighted by molar-refractivity contribution is 6.04. The zero-order valence-corrected chi connectivity index (χ0v) is 15.1. The topological polar surface area (TPSA) is 38.3 Å². The number of hydrogen-bond donors (Lipinski definition) is 1. The van der Waals surface area contributed by atoms with Crippen molar-refractivity contribution in [2.45, 2.75) is 19.7 Å². The van der Waals surface area contributed by atoms with E-state index in [1.807, 2.05) is 31.2 Å². The third-order valence-corrected chi connectivity index (χ3v) is 4.12. The summed E-state index contributed by atoms with van der Waals surface area (Å²) in [5.74, 6) is 0.124. The van der Waals surface area contributed by atoms with Crippen molar-refractivity contribution in [1.82, 2.24) is 0 Å². The second-order valence-electron chi connectivity index (χ2n) is 6.30. The van der Waals surface area contributed by atoms with E-state index >= 15 is 0 Å². The average Bonchev–Trinajstić information content (AvgIpc) is 2.67. The highest BCUT2D eigenvalue weighted by Crippen LogP contribution is 2.34. The van der Waals surface area contributed by atoms with Gasteiger partial charge in [-0.1, -0.05) is 42.0 Å². The predicted molar refractivity (Wildman–Crippen MR) is 101 cm³/mol. The lowest BCUT2D eigenvalue weighted by Gasteiger charge is -2.13. The largest absolute Gasteiger partial charge is 0.489 e. The van der Waals surface area contributed by atoms with Gasteiger partial charge in [0.1, 0.15) is 12.4 Å². The Hall–Kier alpha value is -3.28. The number of carbonyl (C=O) groups excluding carboxylic acids is 1. The van der Waals surface area contributed by atoms with Gasteiger partial charge in [-0.05, 0) is 48.9 Å². The molecule has 0 unspecified atom stereocenters. The molecule has 3 nitrogen and oxygen atoms in total. The SMILES string of the molecule is Cc1ccc(OCc2ccc(C(=O)Nc3ccccc3C(F)(F)F)cc2)cc1. The van der Waals surface area contributed by atoms with Crippen LogP contribution in [0.15, 0.2) is 72.8 Å². The summed E-state index contributed by atoms with van der Waals surface area (Å²) in [7, 11) is 0. The van der Waals surface area contributed by atoms with Crippen molar-refractivity contribution in [3.63, 3.8) is 0 Å². The van der Waals surface area contributed by atoms with Gasteiger partial charge in [0, 0.05) is 5.56 Å². The molecular formula is C22H18F3NO2. The van der Waals surface area contributed by atoms with E-state index < -0.39 is 17.6 Å². The lowest BCUT2D eigenvalue weighted by molar-refractivity contribution is -0.136. The monoisotopic (exact) mass is 385 g/mol. The summed E-state index contributed by atoms with van der Waals surface area (Å²) in [6.45, 7) is 2.31. The zero-order chi connectivity index (χ0) is 20.1. The minimum absolute atomic E-state index is 0.260. The number of para-hydroxylation sites is 1. The van der Waals surface area contributed by atoms with Gasteiger partial charge in [-0.2, -0.15) is 13.2 Å². The third kappa shape index (κ3) is 4.91. The summed E-state index contributed by atoms with van der Waals surface area (Å²) in [6.07, 6.45) is -4.54. The maximum Gasteiger partial charge on any atom is 0.418 e. The van der Waals surface area contributed by atoms with Crippen molar-refractivity contribution < 1.29 is 22.7 Å². The first-order chi connectivity index (χ1) is 13.3. The van der Waals surface area contributed by atoms with E-state index in [1.165, 1.54) is 18.2 Å². The standard InChI is InChI=1S/C22H18F3NO2/c1-15-6-12-18(13-7-15)28-14-16-8-10-17(11-9-16)21(27)26-20-5-3-2-4-19(20)22(23,24)25/h2-13H,14H2,1H3,(H,26,27). The number of nitrogens with one attached hydrogen (secondary N) is 1. The number of rotatable bonds is 5. The molecule has 0 saturated heterocycles. The van der Waals surface area contributed by atoms with Crippen LogP contribution in [-0.2, 0) is 12.8 Å². The molecule has 3 aromatic rings. The number of aryl methyl sites for hydroxylation is 1. The molecule has 3 aromatic carbocycles. The van der Waals surface area contributed by atoms with Crippen LogP contribution in [0.2, 0.25) is 0 Å². The van der Waals surface area contributed by atoms with Gasteiger partial charge in [0.15, 0.2) is 0 Å². The first kappa shape index (κ1) is 19.5. The molecule has 0 heterocycles. The maximum absolute atomic E-state index is 13.0. The minimum atomic E-state index is -4.54. The van der Waals surface area contributed by atoms with Gasteiger partial charge in [0.05, 0.1) is 11.3 Å². The van der Waals surface area contributed by atoms with Crippen molar-refractivity contribution in [1.29, 1.82) is 0 Å². The fourth-order valence-electron chi connectivity index (χ4n) is 2.59. The first-order valence-electron chi connectivity index (χ1n) is 8.59. The Kier molecular flexibility index (Phi) is 5.68. The Morgan fingerprint density at radius 2 is 1.57 bits per heavy atom. The molecule has 1 N–H and O–H groups in total. The molecule has 0 spiro atoms. The third-order valence-electron chi connectivity index (χ3n) is 4.12. The molecule has 0 bridgehead atoms. The Bertz CT molecular complexity index is 949. The summed E-state index contributed by atoms with van der Waals surface area (Å²) >= 11 is 0. The van der Waals surface area contributed by atoms with Crippen LogP contribution in [0.3, 0.4) is 0 Å². The number of benzene rings is 3. The van der Waals surface area contributed by atoms with E-state index in [2.05, 4.69) is 5.32 Å².